The summed E-state index contributed by atoms with van der Waals surface area (Å²) in [6.45, 7) is 7.36. The maximum absolute atomic E-state index is 5.90. The van der Waals surface area contributed by atoms with Crippen molar-refractivity contribution in [2.45, 2.75) is 90.8 Å². The minimum absolute atomic E-state index is 0.320. The summed E-state index contributed by atoms with van der Waals surface area (Å²) in [4.78, 5) is 0. The van der Waals surface area contributed by atoms with E-state index in [1.165, 1.54) is 44.9 Å². The van der Waals surface area contributed by atoms with Crippen LogP contribution < -0.4 is 0 Å². The molecule has 0 spiro atoms. The Morgan fingerprint density at radius 1 is 0.778 bits per heavy atom. The average Bonchev–Trinajstić information content (AvgIpc) is 2.42. The van der Waals surface area contributed by atoms with Gasteiger partial charge in [0.2, 0.25) is 0 Å². The summed E-state index contributed by atoms with van der Waals surface area (Å²) in [6, 6.07) is 0. The molecule has 1 unspecified atom stereocenters. The fourth-order valence-corrected chi connectivity index (χ4v) is 2.30. The minimum atomic E-state index is -0.320. The Morgan fingerprint density at radius 2 is 1.39 bits per heavy atom. The zero-order valence-electron chi connectivity index (χ0n) is 13.1. The minimum Gasteiger partial charge on any atom is -0.353 e. The van der Waals surface area contributed by atoms with Crippen LogP contribution in [0.1, 0.15) is 85.0 Å². The van der Waals surface area contributed by atoms with Crippen LogP contribution in [0.25, 0.3) is 0 Å². The van der Waals surface area contributed by atoms with Crippen LogP contribution in [0.15, 0.2) is 0 Å². The molecule has 0 aromatic carbocycles. The van der Waals surface area contributed by atoms with Gasteiger partial charge in [0.1, 0.15) is 0 Å². The first-order valence-corrected chi connectivity index (χ1v) is 7.93. The van der Waals surface area contributed by atoms with Gasteiger partial charge in [-0.2, -0.15) is 0 Å². The molecule has 0 saturated heterocycles. The van der Waals surface area contributed by atoms with E-state index < -0.39 is 0 Å². The molecule has 0 aliphatic heterocycles. The number of ether oxygens (including phenoxy) is 2. The van der Waals surface area contributed by atoms with E-state index in [9.17, 15) is 0 Å². The monoisotopic (exact) mass is 258 g/mol. The molecular weight excluding hydrogens is 224 g/mol. The lowest BCUT2D eigenvalue weighted by Gasteiger charge is -2.31. The second-order valence-electron chi connectivity index (χ2n) is 5.19. The molecule has 110 valence electrons. The second-order valence-corrected chi connectivity index (χ2v) is 5.19. The quantitative estimate of drug-likeness (QED) is 0.329. The van der Waals surface area contributed by atoms with Crippen LogP contribution in [0.5, 0.6) is 0 Å². The van der Waals surface area contributed by atoms with Crippen molar-refractivity contribution in [2.24, 2.45) is 0 Å². The summed E-state index contributed by atoms with van der Waals surface area (Å²) in [5, 5.41) is 0. The topological polar surface area (TPSA) is 18.5 Å². The van der Waals surface area contributed by atoms with Crippen LogP contribution in [-0.2, 0) is 9.47 Å². The summed E-state index contributed by atoms with van der Waals surface area (Å²) in [6.07, 6.45) is 12.4. The first-order valence-electron chi connectivity index (χ1n) is 7.93. The number of hydrogen-bond acceptors (Lipinski definition) is 2. The SMILES string of the molecule is CCCCCCCCCC(CC)(OC)OCCC. The van der Waals surface area contributed by atoms with Crippen molar-refractivity contribution in [3.63, 3.8) is 0 Å². The highest BCUT2D eigenvalue weighted by Gasteiger charge is 2.27. The van der Waals surface area contributed by atoms with Gasteiger partial charge in [0, 0.05) is 20.1 Å². The molecule has 2 heteroatoms. The molecule has 0 saturated carbocycles. The fraction of sp³-hybridized carbons (Fsp3) is 1.00. The average molecular weight is 258 g/mol. The van der Waals surface area contributed by atoms with Gasteiger partial charge < -0.3 is 9.47 Å². The molecule has 0 fully saturated rings. The highest BCUT2D eigenvalue weighted by molar-refractivity contribution is 4.67. The van der Waals surface area contributed by atoms with Gasteiger partial charge >= 0.3 is 0 Å². The van der Waals surface area contributed by atoms with E-state index in [0.29, 0.717) is 0 Å². The van der Waals surface area contributed by atoms with Crippen molar-refractivity contribution in [1.29, 1.82) is 0 Å². The predicted octanol–water partition coefficient (Wildman–Crippen LogP) is 5.31. The zero-order chi connectivity index (χ0) is 13.7. The summed E-state index contributed by atoms with van der Waals surface area (Å²) < 4.78 is 11.5. The third-order valence-corrected chi connectivity index (χ3v) is 3.64. The third kappa shape index (κ3) is 8.10. The second kappa shape index (κ2) is 12.0. The van der Waals surface area contributed by atoms with Gasteiger partial charge in [-0.05, 0) is 19.3 Å². The lowest BCUT2D eigenvalue weighted by atomic mass is 10.0. The molecular formula is C16H34O2. The molecule has 0 aliphatic rings. The van der Waals surface area contributed by atoms with E-state index >= 15 is 0 Å². The van der Waals surface area contributed by atoms with Crippen LogP contribution in [-0.4, -0.2) is 19.5 Å². The Hall–Kier alpha value is -0.0800. The van der Waals surface area contributed by atoms with Crippen LogP contribution >= 0.6 is 0 Å². The zero-order valence-corrected chi connectivity index (χ0v) is 13.1. The molecule has 0 N–H and O–H groups in total. The van der Waals surface area contributed by atoms with Crippen LogP contribution in [0.2, 0.25) is 0 Å². The molecule has 0 heterocycles. The molecule has 1 atom stereocenters. The highest BCUT2D eigenvalue weighted by Crippen LogP contribution is 2.25. The Kier molecular flexibility index (Phi) is 11.9. The van der Waals surface area contributed by atoms with Gasteiger partial charge in [-0.1, -0.05) is 59.3 Å². The van der Waals surface area contributed by atoms with E-state index in [2.05, 4.69) is 20.8 Å². The fourth-order valence-electron chi connectivity index (χ4n) is 2.30. The number of methoxy groups -OCH3 is 1. The Labute approximate surface area is 114 Å². The van der Waals surface area contributed by atoms with Crippen LogP contribution in [0, 0.1) is 0 Å². The maximum Gasteiger partial charge on any atom is 0.167 e. The van der Waals surface area contributed by atoms with Gasteiger partial charge in [0.15, 0.2) is 5.79 Å². The number of rotatable bonds is 13. The van der Waals surface area contributed by atoms with E-state index in [1.54, 1.807) is 7.11 Å². The molecule has 0 bridgehead atoms. The summed E-state index contributed by atoms with van der Waals surface area (Å²) in [5.74, 6) is -0.320. The Bertz CT molecular complexity index is 164. The smallest absolute Gasteiger partial charge is 0.167 e. The maximum atomic E-state index is 5.90. The summed E-state index contributed by atoms with van der Waals surface area (Å²) in [7, 11) is 1.78. The Balaban J connectivity index is 3.69. The van der Waals surface area contributed by atoms with Crippen molar-refractivity contribution in [3.8, 4) is 0 Å². The van der Waals surface area contributed by atoms with E-state index in [-0.39, 0.29) is 5.79 Å². The molecule has 0 aliphatic carbocycles. The first-order chi connectivity index (χ1) is 8.74. The van der Waals surface area contributed by atoms with Gasteiger partial charge in [-0.25, -0.2) is 0 Å². The molecule has 18 heavy (non-hydrogen) atoms. The molecule has 0 amide bonds. The highest BCUT2D eigenvalue weighted by atomic mass is 16.7. The third-order valence-electron chi connectivity index (χ3n) is 3.64. The van der Waals surface area contributed by atoms with Gasteiger partial charge in [-0.15, -0.1) is 0 Å². The Morgan fingerprint density at radius 3 is 1.89 bits per heavy atom. The molecule has 0 radical (unpaired) electrons. The standard InChI is InChI=1S/C16H34O2/c1-5-8-9-10-11-12-13-14-16(7-3,17-4)18-15-6-2/h5-15H2,1-4H3. The summed E-state index contributed by atoms with van der Waals surface area (Å²) in [5.41, 5.74) is 0. The van der Waals surface area contributed by atoms with E-state index in [1.807, 2.05) is 0 Å². The molecule has 2 nitrogen and oxygen atoms in total. The van der Waals surface area contributed by atoms with Gasteiger partial charge in [-0.3, -0.25) is 0 Å². The largest absolute Gasteiger partial charge is 0.353 e. The molecule has 0 aromatic heterocycles. The van der Waals surface area contributed by atoms with Gasteiger partial charge in [0.05, 0.1) is 0 Å². The number of unbranched alkanes of at least 4 members (excludes halogenated alkanes) is 6. The van der Waals surface area contributed by atoms with E-state index in [4.69, 9.17) is 9.47 Å². The lowest BCUT2D eigenvalue weighted by Crippen LogP contribution is -2.34. The lowest BCUT2D eigenvalue weighted by molar-refractivity contribution is -0.228. The molecule has 0 aromatic rings. The van der Waals surface area contributed by atoms with Crippen molar-refractivity contribution in [2.75, 3.05) is 13.7 Å². The van der Waals surface area contributed by atoms with Crippen LogP contribution in [0.3, 0.4) is 0 Å². The number of hydrogen-bond donors (Lipinski definition) is 0. The van der Waals surface area contributed by atoms with Crippen molar-refractivity contribution in [3.05, 3.63) is 0 Å². The van der Waals surface area contributed by atoms with Crippen molar-refractivity contribution in [1.82, 2.24) is 0 Å². The molecule has 0 rings (SSSR count). The normalized spacial score (nSPS) is 14.7. The predicted molar refractivity (Wildman–Crippen MR) is 78.9 cm³/mol. The van der Waals surface area contributed by atoms with Gasteiger partial charge in [0.25, 0.3) is 0 Å². The van der Waals surface area contributed by atoms with Crippen molar-refractivity contribution >= 4 is 0 Å². The summed E-state index contributed by atoms with van der Waals surface area (Å²) >= 11 is 0. The van der Waals surface area contributed by atoms with Crippen molar-refractivity contribution < 1.29 is 9.47 Å². The van der Waals surface area contributed by atoms with E-state index in [0.717, 1.165) is 25.9 Å². The first kappa shape index (κ1) is 17.9. The van der Waals surface area contributed by atoms with Crippen LogP contribution in [0.4, 0.5) is 0 Å².